The Kier molecular flexibility index (Phi) is 5.51. The Hall–Kier alpha value is -2.41. The molecule has 2 aromatic rings. The summed E-state index contributed by atoms with van der Waals surface area (Å²) < 4.78 is 46.6. The van der Waals surface area contributed by atoms with Crippen LogP contribution in [0, 0.1) is 0 Å². The smallest absolute Gasteiger partial charge is 0.361 e. The van der Waals surface area contributed by atoms with Crippen molar-refractivity contribution in [2.24, 2.45) is 0 Å². The zero-order valence-electron chi connectivity index (χ0n) is 14.5. The molecule has 148 valence electrons. The van der Waals surface area contributed by atoms with E-state index in [1.54, 1.807) is 4.90 Å². The second-order valence-corrected chi connectivity index (χ2v) is 6.85. The number of hydrogen-bond donors (Lipinski definition) is 2. The predicted molar refractivity (Wildman–Crippen MR) is 89.7 cm³/mol. The fourth-order valence-electron chi connectivity index (χ4n) is 2.39. The van der Waals surface area contributed by atoms with Gasteiger partial charge in [-0.25, -0.2) is 9.78 Å². The summed E-state index contributed by atoms with van der Waals surface area (Å²) in [6.07, 6.45) is -4.76. The minimum atomic E-state index is -4.42. The third kappa shape index (κ3) is 4.86. The maximum Gasteiger partial charge on any atom is 0.411 e. The van der Waals surface area contributed by atoms with Crippen LogP contribution in [0.1, 0.15) is 29.4 Å². The highest BCUT2D eigenvalue weighted by atomic mass is 32.1. The van der Waals surface area contributed by atoms with E-state index in [4.69, 9.17) is 9.26 Å². The number of aromatic nitrogens is 3. The number of hydrogen-bond acceptors (Lipinski definition) is 8. The summed E-state index contributed by atoms with van der Waals surface area (Å²) in [5.41, 5.74) is 0.879. The fraction of sp³-hybridized carbons (Fsp3) is 0.571. The molecule has 27 heavy (non-hydrogen) atoms. The Balaban J connectivity index is 1.64. The summed E-state index contributed by atoms with van der Waals surface area (Å²) in [6, 6.07) is -0.153. The van der Waals surface area contributed by atoms with E-state index in [0.29, 0.717) is 24.6 Å². The van der Waals surface area contributed by atoms with Gasteiger partial charge in [0.25, 0.3) is 0 Å². The van der Waals surface area contributed by atoms with Crippen molar-refractivity contribution in [1.82, 2.24) is 20.4 Å². The molecule has 0 saturated carbocycles. The molecule has 1 aliphatic rings. The number of rotatable bonds is 5. The van der Waals surface area contributed by atoms with Crippen molar-refractivity contribution < 1.29 is 27.2 Å². The first-order chi connectivity index (χ1) is 12.7. The Bertz CT molecular complexity index is 808. The van der Waals surface area contributed by atoms with E-state index in [1.807, 2.05) is 0 Å². The first-order valence-electron chi connectivity index (χ1n) is 7.99. The molecule has 0 radical (unpaired) electrons. The highest BCUT2D eigenvalue weighted by molar-refractivity contribution is 7.15. The quantitative estimate of drug-likeness (QED) is 0.786. The van der Waals surface area contributed by atoms with Crippen LogP contribution in [0.4, 0.5) is 29.1 Å². The van der Waals surface area contributed by atoms with Crippen LogP contribution in [-0.4, -0.2) is 47.5 Å². The lowest BCUT2D eigenvalue weighted by Gasteiger charge is -2.23. The number of carbonyl (C=O) groups is 1. The van der Waals surface area contributed by atoms with Crippen molar-refractivity contribution in [1.29, 1.82) is 0 Å². The van der Waals surface area contributed by atoms with Gasteiger partial charge in [0, 0.05) is 24.9 Å². The Morgan fingerprint density at radius 1 is 1.44 bits per heavy atom. The molecule has 0 spiro atoms. The van der Waals surface area contributed by atoms with Crippen LogP contribution >= 0.6 is 11.3 Å². The van der Waals surface area contributed by atoms with Crippen molar-refractivity contribution in [2.75, 3.05) is 30.4 Å². The van der Waals surface area contributed by atoms with Crippen LogP contribution in [0.2, 0.25) is 0 Å². The molecule has 9 nitrogen and oxygen atoms in total. The Morgan fingerprint density at radius 2 is 2.22 bits per heavy atom. The molecule has 3 heterocycles. The minimum Gasteiger partial charge on any atom is -0.361 e. The van der Waals surface area contributed by atoms with Gasteiger partial charge < -0.3 is 19.5 Å². The summed E-state index contributed by atoms with van der Waals surface area (Å²) in [5, 5.41) is 9.27. The number of alkyl halides is 3. The van der Waals surface area contributed by atoms with Gasteiger partial charge >= 0.3 is 18.2 Å². The van der Waals surface area contributed by atoms with E-state index in [2.05, 4.69) is 25.8 Å². The molecule has 1 aliphatic heterocycles. The van der Waals surface area contributed by atoms with Crippen LogP contribution in [-0.2, 0) is 17.7 Å². The molecule has 2 amide bonds. The molecule has 0 bridgehead atoms. The number of thiazole rings is 1. The van der Waals surface area contributed by atoms with Crippen LogP contribution in [0.5, 0.6) is 0 Å². The molecule has 0 aromatic carbocycles. The highest BCUT2D eigenvalue weighted by Crippen LogP contribution is 2.31. The average Bonchev–Trinajstić information content (AvgIpc) is 3.24. The van der Waals surface area contributed by atoms with Gasteiger partial charge in [0.2, 0.25) is 5.82 Å². The van der Waals surface area contributed by atoms with Gasteiger partial charge in [-0.15, -0.1) is 0 Å². The maximum atomic E-state index is 12.2. The van der Waals surface area contributed by atoms with Gasteiger partial charge in [-0.05, 0) is 6.92 Å². The Morgan fingerprint density at radius 3 is 2.93 bits per heavy atom. The monoisotopic (exact) mass is 406 g/mol. The first kappa shape index (κ1) is 19.4. The number of ether oxygens (including phenoxy) is 1. The number of urea groups is 1. The van der Waals surface area contributed by atoms with E-state index in [-0.39, 0.29) is 17.9 Å². The molecule has 2 aromatic heterocycles. The third-order valence-electron chi connectivity index (χ3n) is 3.74. The molecule has 13 heteroatoms. The largest absolute Gasteiger partial charge is 0.411 e. The molecule has 0 fully saturated rings. The van der Waals surface area contributed by atoms with Crippen LogP contribution in [0.3, 0.4) is 0 Å². The lowest BCUT2D eigenvalue weighted by atomic mass is 10.2. The minimum absolute atomic E-state index is 0.0475. The standard InChI is InChI=1S/C14H17F3N6O3S/c1-7(25-6-14(15,16)17)10-20-13(26-22-10)23-4-3-8-9(5-23)27-12(19-8)21-11(24)18-2/h7H,3-6H2,1-2H3,(H2,18,19,21,24). The van der Waals surface area contributed by atoms with Crippen LogP contribution < -0.4 is 15.5 Å². The number of nitrogens with one attached hydrogen (secondary N) is 2. The van der Waals surface area contributed by atoms with Crippen LogP contribution in [0.15, 0.2) is 4.52 Å². The van der Waals surface area contributed by atoms with Crippen molar-refractivity contribution in [3.63, 3.8) is 0 Å². The maximum absolute atomic E-state index is 12.2. The van der Waals surface area contributed by atoms with Gasteiger partial charge in [0.05, 0.1) is 12.2 Å². The summed E-state index contributed by atoms with van der Waals surface area (Å²) in [4.78, 5) is 22.6. The molecular weight excluding hydrogens is 389 g/mol. The van der Waals surface area contributed by atoms with Gasteiger partial charge in [0.15, 0.2) is 5.13 Å². The number of carbonyl (C=O) groups excluding carboxylic acids is 1. The van der Waals surface area contributed by atoms with Crippen molar-refractivity contribution in [3.05, 3.63) is 16.4 Å². The molecule has 1 unspecified atom stereocenters. The zero-order valence-corrected chi connectivity index (χ0v) is 15.3. The van der Waals surface area contributed by atoms with Crippen molar-refractivity contribution in [2.45, 2.75) is 32.2 Å². The fourth-order valence-corrected chi connectivity index (χ4v) is 3.40. The second kappa shape index (κ2) is 7.68. The summed E-state index contributed by atoms with van der Waals surface area (Å²) >= 11 is 1.34. The average molecular weight is 406 g/mol. The van der Waals surface area contributed by atoms with Gasteiger partial charge in [-0.3, -0.25) is 5.32 Å². The van der Waals surface area contributed by atoms with Gasteiger partial charge in [0.1, 0.15) is 12.7 Å². The number of nitrogens with zero attached hydrogens (tertiary/aromatic N) is 4. The van der Waals surface area contributed by atoms with E-state index in [0.717, 1.165) is 10.6 Å². The second-order valence-electron chi connectivity index (χ2n) is 5.77. The van der Waals surface area contributed by atoms with Crippen molar-refractivity contribution in [3.8, 4) is 0 Å². The zero-order chi connectivity index (χ0) is 19.6. The van der Waals surface area contributed by atoms with Gasteiger partial charge in [-0.2, -0.15) is 18.2 Å². The summed E-state index contributed by atoms with van der Waals surface area (Å²) in [7, 11) is 1.51. The molecule has 3 rings (SSSR count). The first-order valence-corrected chi connectivity index (χ1v) is 8.81. The third-order valence-corrected chi connectivity index (χ3v) is 4.74. The van der Waals surface area contributed by atoms with E-state index < -0.39 is 18.9 Å². The SMILES string of the molecule is CNC(=O)Nc1nc2c(s1)CN(c1nc(C(C)OCC(F)(F)F)no1)CC2. The Labute approximate surface area is 155 Å². The summed E-state index contributed by atoms with van der Waals surface area (Å²) in [6.45, 7) is 1.04. The molecule has 0 aliphatic carbocycles. The topological polar surface area (TPSA) is 105 Å². The van der Waals surface area contributed by atoms with Crippen molar-refractivity contribution >= 4 is 28.5 Å². The number of halogens is 3. The lowest BCUT2D eigenvalue weighted by Crippen LogP contribution is -2.30. The number of fused-ring (bicyclic) bond motifs is 1. The summed E-state index contributed by atoms with van der Waals surface area (Å²) in [5.74, 6) is 0.0475. The molecular formula is C14H17F3N6O3S. The highest BCUT2D eigenvalue weighted by Gasteiger charge is 2.30. The number of amides is 2. The van der Waals surface area contributed by atoms with Crippen LogP contribution in [0.25, 0.3) is 0 Å². The molecule has 0 saturated heterocycles. The van der Waals surface area contributed by atoms with E-state index >= 15 is 0 Å². The molecule has 2 N–H and O–H groups in total. The number of anilines is 2. The molecule has 1 atom stereocenters. The van der Waals surface area contributed by atoms with E-state index in [1.165, 1.54) is 25.3 Å². The normalized spacial score (nSPS) is 15.4. The lowest BCUT2D eigenvalue weighted by molar-refractivity contribution is -0.185. The predicted octanol–water partition coefficient (Wildman–Crippen LogP) is 2.48. The van der Waals surface area contributed by atoms with E-state index in [9.17, 15) is 18.0 Å². The van der Waals surface area contributed by atoms with Gasteiger partial charge in [-0.1, -0.05) is 16.5 Å².